The number of benzene rings is 3. The van der Waals surface area contributed by atoms with Gasteiger partial charge >= 0.3 is 0 Å². The zero-order valence-electron chi connectivity index (χ0n) is 13.9. The van der Waals surface area contributed by atoms with Crippen molar-refractivity contribution in [3.05, 3.63) is 76.3 Å². The minimum absolute atomic E-state index is 0.773. The largest absolute Gasteiger partial charge is 0.398 e. The van der Waals surface area contributed by atoms with Gasteiger partial charge in [0, 0.05) is 11.4 Å². The first-order valence-corrected chi connectivity index (χ1v) is 7.98. The molecule has 0 aromatic heterocycles. The van der Waals surface area contributed by atoms with Crippen LogP contribution in [-0.2, 0) is 0 Å². The molecule has 3 aromatic rings. The lowest BCUT2D eigenvalue weighted by molar-refractivity contribution is 1.15. The lowest BCUT2D eigenvalue weighted by atomic mass is 10.0. The van der Waals surface area contributed by atoms with Crippen molar-refractivity contribution in [3.8, 4) is 0 Å². The van der Waals surface area contributed by atoms with Crippen LogP contribution in [0.25, 0.3) is 6.58 Å². The van der Waals surface area contributed by atoms with E-state index in [0.717, 1.165) is 50.1 Å². The van der Waals surface area contributed by atoms with Crippen molar-refractivity contribution in [2.75, 3.05) is 10.6 Å². The van der Waals surface area contributed by atoms with Gasteiger partial charge < -0.3 is 10.6 Å². The molecule has 0 amide bonds. The second-order valence-corrected chi connectivity index (χ2v) is 6.25. The Balaban J connectivity index is 2.11. The van der Waals surface area contributed by atoms with E-state index in [-0.39, 0.29) is 0 Å². The highest BCUT2D eigenvalue weighted by atomic mass is 15.2. The molecule has 0 unspecified atom stereocenters. The summed E-state index contributed by atoms with van der Waals surface area (Å²) in [5, 5.41) is 1.97. The summed E-state index contributed by atoms with van der Waals surface area (Å²) >= 11 is 0. The van der Waals surface area contributed by atoms with Crippen molar-refractivity contribution in [1.29, 1.82) is 0 Å². The number of hydrogen-bond donors (Lipinski definition) is 1. The van der Waals surface area contributed by atoms with Crippen LogP contribution in [0.3, 0.4) is 0 Å². The van der Waals surface area contributed by atoms with Crippen LogP contribution in [0.1, 0.15) is 11.1 Å². The summed E-state index contributed by atoms with van der Waals surface area (Å²) in [6.45, 7) is 8.23. The first-order valence-electron chi connectivity index (χ1n) is 7.98. The van der Waals surface area contributed by atoms with E-state index in [9.17, 15) is 0 Å². The van der Waals surface area contributed by atoms with Gasteiger partial charge in [-0.2, -0.15) is 0 Å². The minimum atomic E-state index is 0.773. The van der Waals surface area contributed by atoms with Crippen LogP contribution in [-0.4, -0.2) is 0 Å². The van der Waals surface area contributed by atoms with Crippen molar-refractivity contribution in [2.45, 2.75) is 13.8 Å². The number of rotatable bonds is 1. The summed E-state index contributed by atoms with van der Waals surface area (Å²) in [5.74, 6) is 0. The second kappa shape index (κ2) is 5.24. The molecule has 0 atom stereocenters. The number of anilines is 4. The average Bonchev–Trinajstić information content (AvgIpc) is 2.57. The van der Waals surface area contributed by atoms with Gasteiger partial charge in [0.2, 0.25) is 0 Å². The molecule has 1 aliphatic heterocycles. The third-order valence-electron chi connectivity index (χ3n) is 4.53. The zero-order valence-corrected chi connectivity index (χ0v) is 13.9. The number of hydrogen-bond acceptors (Lipinski definition) is 3. The fraction of sp³-hybridized carbons (Fsp3) is 0.0952. The van der Waals surface area contributed by atoms with Crippen LogP contribution < -0.4 is 21.2 Å². The Hall–Kier alpha value is -3.07. The van der Waals surface area contributed by atoms with Crippen molar-refractivity contribution >= 4 is 35.0 Å². The Morgan fingerprint density at radius 2 is 1.67 bits per heavy atom. The zero-order chi connectivity index (χ0) is 16.8. The van der Waals surface area contributed by atoms with Gasteiger partial charge in [-0.25, -0.2) is 4.99 Å². The quantitative estimate of drug-likeness (QED) is 0.539. The van der Waals surface area contributed by atoms with Crippen LogP contribution in [0.15, 0.2) is 59.6 Å². The maximum atomic E-state index is 6.18. The van der Waals surface area contributed by atoms with E-state index >= 15 is 0 Å². The fourth-order valence-corrected chi connectivity index (χ4v) is 3.07. The molecule has 0 saturated heterocycles. The number of aryl methyl sites for hydroxylation is 2. The Labute approximate surface area is 141 Å². The molecule has 4 rings (SSSR count). The first-order chi connectivity index (χ1) is 11.5. The van der Waals surface area contributed by atoms with E-state index in [2.05, 4.69) is 48.7 Å². The summed E-state index contributed by atoms with van der Waals surface area (Å²) in [6.07, 6.45) is 0. The van der Waals surface area contributed by atoms with Gasteiger partial charge in [0.15, 0.2) is 0 Å². The molecule has 1 aliphatic rings. The third-order valence-corrected chi connectivity index (χ3v) is 4.53. The molecular weight excluding hydrogens is 294 g/mol. The second-order valence-electron chi connectivity index (χ2n) is 6.25. The van der Waals surface area contributed by atoms with Crippen LogP contribution in [0, 0.1) is 13.8 Å². The van der Waals surface area contributed by atoms with Gasteiger partial charge in [-0.1, -0.05) is 24.8 Å². The summed E-state index contributed by atoms with van der Waals surface area (Å²) in [5.41, 5.74) is 13.2. The summed E-state index contributed by atoms with van der Waals surface area (Å²) < 4.78 is 0. The molecule has 0 radical (unpaired) electrons. The molecule has 0 spiro atoms. The van der Waals surface area contributed by atoms with Crippen LogP contribution in [0.5, 0.6) is 0 Å². The van der Waals surface area contributed by atoms with Gasteiger partial charge in [0.1, 0.15) is 0 Å². The number of nitrogens with zero attached hydrogens (tertiary/aromatic N) is 2. The van der Waals surface area contributed by atoms with Crippen molar-refractivity contribution in [2.24, 2.45) is 4.99 Å². The molecular formula is C21H19N3. The number of nitrogens with two attached hydrogens (primary N) is 1. The molecule has 3 aromatic carbocycles. The lowest BCUT2D eigenvalue weighted by Gasteiger charge is -2.30. The topological polar surface area (TPSA) is 41.6 Å². The van der Waals surface area contributed by atoms with Gasteiger partial charge in [-0.05, 0) is 66.6 Å². The number of para-hydroxylation sites is 1. The molecule has 3 heteroatoms. The third kappa shape index (κ3) is 2.17. The SMILES string of the molecule is C=c1cc2c(cc1C)=Nc1cc(C)c(N)cc1N2c1ccccc1. The van der Waals surface area contributed by atoms with Crippen molar-refractivity contribution in [1.82, 2.24) is 0 Å². The fourth-order valence-electron chi connectivity index (χ4n) is 3.07. The summed E-state index contributed by atoms with van der Waals surface area (Å²) in [4.78, 5) is 7.07. The maximum absolute atomic E-state index is 6.18. The van der Waals surface area contributed by atoms with E-state index in [4.69, 9.17) is 10.7 Å². The van der Waals surface area contributed by atoms with E-state index in [0.29, 0.717) is 0 Å². The van der Waals surface area contributed by atoms with Crippen LogP contribution >= 0.6 is 0 Å². The molecule has 0 saturated carbocycles. The molecule has 1 heterocycles. The van der Waals surface area contributed by atoms with E-state index < -0.39 is 0 Å². The highest BCUT2D eigenvalue weighted by Crippen LogP contribution is 2.42. The molecule has 3 nitrogen and oxygen atoms in total. The Kier molecular flexibility index (Phi) is 3.17. The first kappa shape index (κ1) is 14.5. The smallest absolute Gasteiger partial charge is 0.0882 e. The van der Waals surface area contributed by atoms with E-state index in [1.54, 1.807) is 0 Å². The number of nitrogen functional groups attached to an aromatic ring is 1. The molecule has 0 fully saturated rings. The highest BCUT2D eigenvalue weighted by Gasteiger charge is 2.22. The predicted octanol–water partition coefficient (Wildman–Crippen LogP) is 4.03. The van der Waals surface area contributed by atoms with E-state index in [1.165, 1.54) is 0 Å². The molecule has 2 N–H and O–H groups in total. The van der Waals surface area contributed by atoms with Gasteiger partial charge in [0.25, 0.3) is 0 Å². The normalized spacial score (nSPS) is 12.3. The molecule has 24 heavy (non-hydrogen) atoms. The highest BCUT2D eigenvalue weighted by molar-refractivity contribution is 5.87. The lowest BCUT2D eigenvalue weighted by Crippen LogP contribution is -2.25. The monoisotopic (exact) mass is 313 g/mol. The Bertz CT molecular complexity index is 1050. The number of fused-ring (bicyclic) bond motifs is 2. The summed E-state index contributed by atoms with van der Waals surface area (Å²) in [6, 6.07) is 18.5. The van der Waals surface area contributed by atoms with Gasteiger partial charge in [-0.3, -0.25) is 0 Å². The van der Waals surface area contributed by atoms with Crippen LogP contribution in [0.2, 0.25) is 0 Å². The Morgan fingerprint density at radius 3 is 2.42 bits per heavy atom. The van der Waals surface area contributed by atoms with E-state index in [1.807, 2.05) is 31.2 Å². The van der Waals surface area contributed by atoms with Crippen molar-refractivity contribution < 1.29 is 0 Å². The molecule has 118 valence electrons. The maximum Gasteiger partial charge on any atom is 0.0882 e. The predicted molar refractivity (Wildman–Crippen MR) is 101 cm³/mol. The molecule has 0 bridgehead atoms. The van der Waals surface area contributed by atoms with Crippen LogP contribution in [0.4, 0.5) is 28.4 Å². The van der Waals surface area contributed by atoms with Gasteiger partial charge in [0.05, 0.1) is 22.4 Å². The Morgan fingerprint density at radius 1 is 0.917 bits per heavy atom. The standard InChI is InChI=1S/C21H19N3/c1-13-9-18-20(11-14(13)2)24(16-7-5-4-6-8-16)21-12-17(22)15(3)10-19(21)23-18/h4-12H,2,22H2,1,3H3. The molecule has 0 aliphatic carbocycles. The minimum Gasteiger partial charge on any atom is -0.398 e. The van der Waals surface area contributed by atoms with Gasteiger partial charge in [-0.15, -0.1) is 0 Å². The summed E-state index contributed by atoms with van der Waals surface area (Å²) in [7, 11) is 0. The average molecular weight is 313 g/mol. The van der Waals surface area contributed by atoms with Crippen molar-refractivity contribution in [3.63, 3.8) is 0 Å².